The minimum atomic E-state index is -4.84. The second kappa shape index (κ2) is 3.70. The molecule has 1 aromatic rings. The number of carbonyl (C=O) groups is 1. The van der Waals surface area contributed by atoms with Gasteiger partial charge in [0.15, 0.2) is 0 Å². The Balaban J connectivity index is 3.25. The molecule has 1 N–H and O–H groups in total. The van der Waals surface area contributed by atoms with E-state index in [0.29, 0.717) is 0 Å². The van der Waals surface area contributed by atoms with Crippen LogP contribution in [0.2, 0.25) is 0 Å². The first-order valence-electron chi connectivity index (χ1n) is 3.27. The summed E-state index contributed by atoms with van der Waals surface area (Å²) in [6.07, 6.45) is 0. The van der Waals surface area contributed by atoms with Crippen molar-refractivity contribution in [3.05, 3.63) is 16.4 Å². The molecule has 0 unspecified atom stereocenters. The maximum atomic E-state index is 12.5. The van der Waals surface area contributed by atoms with Crippen LogP contribution < -0.4 is 0 Å². The molecule has 0 aliphatic heterocycles. The topological polar surface area (TPSA) is 76.2 Å². The molecule has 0 aromatic carbocycles. The normalized spacial score (nSPS) is 11.4. The third-order valence-corrected chi connectivity index (χ3v) is 3.14. The van der Waals surface area contributed by atoms with E-state index in [1.54, 1.807) is 0 Å². The molecule has 0 amide bonds. The maximum Gasteiger partial charge on any atom is 0.354 e. The Labute approximate surface area is 87.6 Å². The molecular formula is C6H5BrFNO4S. The van der Waals surface area contributed by atoms with Crippen molar-refractivity contribution in [2.75, 3.05) is 7.11 Å². The van der Waals surface area contributed by atoms with Crippen LogP contribution >= 0.6 is 15.9 Å². The summed E-state index contributed by atoms with van der Waals surface area (Å²) in [4.78, 5) is 12.6. The van der Waals surface area contributed by atoms with Crippen molar-refractivity contribution in [1.82, 2.24) is 4.98 Å². The molecule has 0 saturated carbocycles. The van der Waals surface area contributed by atoms with Gasteiger partial charge in [0.2, 0.25) is 0 Å². The Morgan fingerprint density at radius 3 is 2.57 bits per heavy atom. The standard InChI is InChI=1S/C6H5BrFNO4S/c1-13-6(10)3-2-4(5(7)9-3)14(8,11)12/h2,9H,1H3. The summed E-state index contributed by atoms with van der Waals surface area (Å²) >= 11 is 2.77. The number of halogens is 2. The van der Waals surface area contributed by atoms with Crippen LogP contribution in [0.4, 0.5) is 3.89 Å². The highest BCUT2D eigenvalue weighted by molar-refractivity contribution is 9.10. The fraction of sp³-hybridized carbons (Fsp3) is 0.167. The largest absolute Gasteiger partial charge is 0.464 e. The molecule has 0 aliphatic rings. The van der Waals surface area contributed by atoms with Gasteiger partial charge in [0.25, 0.3) is 0 Å². The number of nitrogens with one attached hydrogen (secondary N) is 1. The van der Waals surface area contributed by atoms with Crippen molar-refractivity contribution in [1.29, 1.82) is 0 Å². The van der Waals surface area contributed by atoms with Crippen LogP contribution in [-0.4, -0.2) is 26.5 Å². The highest BCUT2D eigenvalue weighted by Gasteiger charge is 2.22. The molecule has 0 saturated heterocycles. The summed E-state index contributed by atoms with van der Waals surface area (Å²) in [6.45, 7) is 0. The third-order valence-electron chi connectivity index (χ3n) is 1.40. The zero-order chi connectivity index (χ0) is 10.9. The lowest BCUT2D eigenvalue weighted by Gasteiger charge is -1.91. The van der Waals surface area contributed by atoms with Crippen LogP contribution in [-0.2, 0) is 15.0 Å². The average Bonchev–Trinajstić information content (AvgIpc) is 2.45. The number of hydrogen-bond donors (Lipinski definition) is 1. The third kappa shape index (κ3) is 2.13. The second-order valence-corrected chi connectivity index (χ2v) is 4.40. The van der Waals surface area contributed by atoms with Gasteiger partial charge in [-0.15, -0.1) is 3.89 Å². The SMILES string of the molecule is COC(=O)c1cc(S(=O)(=O)F)c(Br)[nH]1. The summed E-state index contributed by atoms with van der Waals surface area (Å²) in [5, 5.41) is 0. The molecule has 0 bridgehead atoms. The van der Waals surface area contributed by atoms with E-state index in [9.17, 15) is 17.1 Å². The number of aromatic amines is 1. The van der Waals surface area contributed by atoms with E-state index >= 15 is 0 Å². The van der Waals surface area contributed by atoms with Gasteiger partial charge in [-0.25, -0.2) is 4.79 Å². The summed E-state index contributed by atoms with van der Waals surface area (Å²) in [6, 6.07) is 0.852. The summed E-state index contributed by atoms with van der Waals surface area (Å²) < 4.78 is 37.7. The zero-order valence-electron chi connectivity index (χ0n) is 6.87. The van der Waals surface area contributed by atoms with Gasteiger partial charge in [0.1, 0.15) is 15.2 Å². The van der Waals surface area contributed by atoms with Crippen molar-refractivity contribution < 1.29 is 21.8 Å². The Hall–Kier alpha value is -0.890. The molecule has 14 heavy (non-hydrogen) atoms. The number of aromatic nitrogens is 1. The smallest absolute Gasteiger partial charge is 0.354 e. The van der Waals surface area contributed by atoms with E-state index in [4.69, 9.17) is 0 Å². The van der Waals surface area contributed by atoms with Gasteiger partial charge in [-0.2, -0.15) is 8.42 Å². The highest BCUT2D eigenvalue weighted by atomic mass is 79.9. The van der Waals surface area contributed by atoms with E-state index in [-0.39, 0.29) is 10.3 Å². The van der Waals surface area contributed by atoms with Gasteiger partial charge in [-0.05, 0) is 22.0 Å². The van der Waals surface area contributed by atoms with Gasteiger partial charge in [0, 0.05) is 0 Å². The first kappa shape index (κ1) is 11.2. The number of hydrogen-bond acceptors (Lipinski definition) is 4. The summed E-state index contributed by atoms with van der Waals surface area (Å²) in [7, 11) is -3.71. The second-order valence-electron chi connectivity index (χ2n) is 2.29. The average molecular weight is 286 g/mol. The first-order valence-corrected chi connectivity index (χ1v) is 5.45. The lowest BCUT2D eigenvalue weighted by Crippen LogP contribution is -2.00. The van der Waals surface area contributed by atoms with Crippen LogP contribution in [0, 0.1) is 0 Å². The number of carbonyl (C=O) groups excluding carboxylic acids is 1. The van der Waals surface area contributed by atoms with E-state index in [2.05, 4.69) is 25.7 Å². The van der Waals surface area contributed by atoms with Crippen molar-refractivity contribution >= 4 is 32.1 Å². The fourth-order valence-electron chi connectivity index (χ4n) is 0.808. The van der Waals surface area contributed by atoms with Crippen LogP contribution in [0.15, 0.2) is 15.6 Å². The highest BCUT2D eigenvalue weighted by Crippen LogP contribution is 2.24. The van der Waals surface area contributed by atoms with Crippen LogP contribution in [0.5, 0.6) is 0 Å². The molecule has 0 radical (unpaired) electrons. The molecule has 78 valence electrons. The molecule has 8 heteroatoms. The number of H-pyrrole nitrogens is 1. The predicted molar refractivity (Wildman–Crippen MR) is 48.1 cm³/mol. The first-order chi connectivity index (χ1) is 6.36. The Morgan fingerprint density at radius 2 is 2.21 bits per heavy atom. The van der Waals surface area contributed by atoms with E-state index in [1.807, 2.05) is 0 Å². The van der Waals surface area contributed by atoms with Gasteiger partial charge in [0.05, 0.1) is 7.11 Å². The molecule has 1 rings (SSSR count). The number of methoxy groups -OCH3 is 1. The number of ether oxygens (including phenoxy) is 1. The van der Waals surface area contributed by atoms with Crippen LogP contribution in [0.25, 0.3) is 0 Å². The van der Waals surface area contributed by atoms with Crippen molar-refractivity contribution in [2.45, 2.75) is 4.90 Å². The molecular weight excluding hydrogens is 281 g/mol. The summed E-state index contributed by atoms with van der Waals surface area (Å²) in [5.74, 6) is -0.777. The lowest BCUT2D eigenvalue weighted by molar-refractivity contribution is 0.0594. The Bertz CT molecular complexity index is 466. The maximum absolute atomic E-state index is 12.5. The number of rotatable bonds is 2. The molecule has 0 spiro atoms. The van der Waals surface area contributed by atoms with E-state index in [1.165, 1.54) is 0 Å². The Morgan fingerprint density at radius 1 is 1.64 bits per heavy atom. The van der Waals surface area contributed by atoms with E-state index < -0.39 is 21.1 Å². The van der Waals surface area contributed by atoms with Crippen molar-refractivity contribution in [3.63, 3.8) is 0 Å². The lowest BCUT2D eigenvalue weighted by atomic mass is 10.4. The summed E-state index contributed by atoms with van der Waals surface area (Å²) in [5.41, 5.74) is -0.143. The Kier molecular flexibility index (Phi) is 2.95. The number of esters is 1. The predicted octanol–water partition coefficient (Wildman–Crippen LogP) is 1.22. The minimum Gasteiger partial charge on any atom is -0.464 e. The van der Waals surface area contributed by atoms with Gasteiger partial charge < -0.3 is 9.72 Å². The van der Waals surface area contributed by atoms with Gasteiger partial charge in [-0.1, -0.05) is 0 Å². The van der Waals surface area contributed by atoms with Crippen LogP contribution in [0.3, 0.4) is 0 Å². The molecule has 0 fully saturated rings. The van der Waals surface area contributed by atoms with Crippen molar-refractivity contribution in [3.8, 4) is 0 Å². The van der Waals surface area contributed by atoms with Gasteiger partial charge >= 0.3 is 16.2 Å². The molecule has 0 atom stereocenters. The van der Waals surface area contributed by atoms with Gasteiger partial charge in [-0.3, -0.25) is 0 Å². The molecule has 0 aliphatic carbocycles. The quantitative estimate of drug-likeness (QED) is 0.655. The monoisotopic (exact) mass is 285 g/mol. The molecule has 5 nitrogen and oxygen atoms in total. The fourth-order valence-corrected chi connectivity index (χ4v) is 2.24. The minimum absolute atomic E-state index is 0.125. The van der Waals surface area contributed by atoms with Crippen molar-refractivity contribution in [2.24, 2.45) is 0 Å². The van der Waals surface area contributed by atoms with Crippen LogP contribution in [0.1, 0.15) is 10.5 Å². The molecule has 1 aromatic heterocycles. The zero-order valence-corrected chi connectivity index (χ0v) is 9.28. The van der Waals surface area contributed by atoms with E-state index in [0.717, 1.165) is 13.2 Å². The molecule has 1 heterocycles.